The molecule has 4 rings (SSSR count). The number of nitrogens with one attached hydrogen (secondary N) is 1. The second kappa shape index (κ2) is 13.2. The number of halogens is 2. The Hall–Kier alpha value is -4.72. The number of ether oxygens (including phenoxy) is 2. The number of carboxylic acid groups (broad SMARTS) is 1. The van der Waals surface area contributed by atoms with Crippen molar-refractivity contribution in [1.29, 1.82) is 0 Å². The van der Waals surface area contributed by atoms with E-state index in [4.69, 9.17) is 9.47 Å². The SMILES string of the molecule is O=C(Cc1cc(F)cc(F)c1)N[C@@H](Cc1ccc(OCc2ccccc2)c(OCc2ccccc2)c1)C(=O)O. The number of hydrogen-bond donors (Lipinski definition) is 2. The molecule has 6 nitrogen and oxygen atoms in total. The molecule has 0 aliphatic carbocycles. The van der Waals surface area contributed by atoms with Gasteiger partial charge < -0.3 is 19.9 Å². The standard InChI is InChI=1S/C31H27F2NO5/c32-25-13-24(14-26(33)18-25)17-30(35)34-27(31(36)37)15-23-11-12-28(38-19-21-7-3-1-4-8-21)29(16-23)39-20-22-9-5-2-6-10-22/h1-14,16,18,27H,15,17,19-20H2,(H,34,35)(H,36,37)/t27-/m0/s1. The summed E-state index contributed by atoms with van der Waals surface area (Å²) in [6.07, 6.45) is -0.407. The fraction of sp³-hybridized carbons (Fsp3) is 0.161. The number of carboxylic acids is 1. The van der Waals surface area contributed by atoms with Gasteiger partial charge in [0.1, 0.15) is 30.9 Å². The van der Waals surface area contributed by atoms with Crippen molar-refractivity contribution in [3.8, 4) is 11.5 Å². The van der Waals surface area contributed by atoms with Crippen LogP contribution in [-0.2, 0) is 35.6 Å². The molecule has 0 saturated heterocycles. The molecule has 0 aliphatic rings. The molecule has 39 heavy (non-hydrogen) atoms. The van der Waals surface area contributed by atoms with E-state index in [9.17, 15) is 23.5 Å². The van der Waals surface area contributed by atoms with Crippen molar-refractivity contribution in [3.63, 3.8) is 0 Å². The van der Waals surface area contributed by atoms with E-state index >= 15 is 0 Å². The van der Waals surface area contributed by atoms with Gasteiger partial charge in [-0.3, -0.25) is 4.79 Å². The summed E-state index contributed by atoms with van der Waals surface area (Å²) in [5.74, 6) is -2.63. The zero-order valence-electron chi connectivity index (χ0n) is 21.0. The minimum absolute atomic E-state index is 0.0424. The van der Waals surface area contributed by atoms with Crippen LogP contribution in [0.5, 0.6) is 11.5 Å². The second-order valence-electron chi connectivity index (χ2n) is 8.95. The van der Waals surface area contributed by atoms with Gasteiger partial charge in [-0.2, -0.15) is 0 Å². The average Bonchev–Trinajstić information content (AvgIpc) is 2.91. The Labute approximate surface area is 224 Å². The molecule has 1 amide bonds. The quantitative estimate of drug-likeness (QED) is 0.253. The average molecular weight is 532 g/mol. The highest BCUT2D eigenvalue weighted by atomic mass is 19.1. The van der Waals surface area contributed by atoms with Gasteiger partial charge in [-0.15, -0.1) is 0 Å². The largest absolute Gasteiger partial charge is 0.485 e. The lowest BCUT2D eigenvalue weighted by atomic mass is 10.0. The molecule has 8 heteroatoms. The van der Waals surface area contributed by atoms with Crippen LogP contribution >= 0.6 is 0 Å². The van der Waals surface area contributed by atoms with Gasteiger partial charge in [0, 0.05) is 12.5 Å². The second-order valence-corrected chi connectivity index (χ2v) is 8.95. The zero-order chi connectivity index (χ0) is 27.6. The molecule has 0 unspecified atom stereocenters. The van der Waals surface area contributed by atoms with Crippen LogP contribution in [0, 0.1) is 11.6 Å². The maximum atomic E-state index is 13.5. The molecule has 0 saturated carbocycles. The molecule has 0 bridgehead atoms. The van der Waals surface area contributed by atoms with Gasteiger partial charge in [0.15, 0.2) is 11.5 Å². The molecule has 0 aromatic heterocycles. The Morgan fingerprint density at radius 2 is 1.26 bits per heavy atom. The van der Waals surface area contributed by atoms with Crippen molar-refractivity contribution in [2.45, 2.75) is 32.1 Å². The molecular weight excluding hydrogens is 504 g/mol. The van der Waals surface area contributed by atoms with Gasteiger partial charge in [-0.1, -0.05) is 66.7 Å². The van der Waals surface area contributed by atoms with Crippen LogP contribution in [-0.4, -0.2) is 23.0 Å². The number of carbonyl (C=O) groups excluding carboxylic acids is 1. The van der Waals surface area contributed by atoms with E-state index in [1.54, 1.807) is 18.2 Å². The third-order valence-corrected chi connectivity index (χ3v) is 5.84. The van der Waals surface area contributed by atoms with Crippen LogP contribution < -0.4 is 14.8 Å². The summed E-state index contributed by atoms with van der Waals surface area (Å²) in [6.45, 7) is 0.589. The summed E-state index contributed by atoms with van der Waals surface area (Å²) in [7, 11) is 0. The van der Waals surface area contributed by atoms with Gasteiger partial charge in [-0.05, 0) is 46.5 Å². The topological polar surface area (TPSA) is 84.9 Å². The van der Waals surface area contributed by atoms with Crippen molar-refractivity contribution in [2.75, 3.05) is 0 Å². The van der Waals surface area contributed by atoms with E-state index in [1.165, 1.54) is 0 Å². The molecule has 4 aromatic rings. The summed E-state index contributed by atoms with van der Waals surface area (Å²) in [5, 5.41) is 12.2. The van der Waals surface area contributed by atoms with Crippen molar-refractivity contribution in [3.05, 3.63) is 131 Å². The highest BCUT2D eigenvalue weighted by molar-refractivity contribution is 5.85. The first-order valence-corrected chi connectivity index (χ1v) is 12.3. The lowest BCUT2D eigenvalue weighted by Crippen LogP contribution is -2.43. The number of hydrogen-bond acceptors (Lipinski definition) is 4. The maximum Gasteiger partial charge on any atom is 0.326 e. The van der Waals surface area contributed by atoms with E-state index in [0.717, 1.165) is 23.3 Å². The minimum atomic E-state index is -1.27. The van der Waals surface area contributed by atoms with Crippen molar-refractivity contribution >= 4 is 11.9 Å². The van der Waals surface area contributed by atoms with E-state index in [-0.39, 0.29) is 25.0 Å². The lowest BCUT2D eigenvalue weighted by molar-refractivity contribution is -0.141. The lowest BCUT2D eigenvalue weighted by Gasteiger charge is -2.17. The molecular formula is C31H27F2NO5. The van der Waals surface area contributed by atoms with E-state index in [0.29, 0.717) is 29.7 Å². The van der Waals surface area contributed by atoms with E-state index in [2.05, 4.69) is 5.32 Å². The predicted molar refractivity (Wildman–Crippen MR) is 141 cm³/mol. The van der Waals surface area contributed by atoms with Gasteiger partial charge >= 0.3 is 5.97 Å². The van der Waals surface area contributed by atoms with E-state index < -0.39 is 29.6 Å². The van der Waals surface area contributed by atoms with E-state index in [1.807, 2.05) is 60.7 Å². The normalized spacial score (nSPS) is 11.4. The fourth-order valence-corrected chi connectivity index (χ4v) is 3.96. The van der Waals surface area contributed by atoms with Crippen molar-refractivity contribution in [1.82, 2.24) is 5.32 Å². The van der Waals surface area contributed by atoms with Gasteiger partial charge in [0.05, 0.1) is 6.42 Å². The highest BCUT2D eigenvalue weighted by Gasteiger charge is 2.22. The number of carbonyl (C=O) groups is 2. The summed E-state index contributed by atoms with van der Waals surface area (Å²) < 4.78 is 39.0. The number of aliphatic carboxylic acids is 1. The number of rotatable bonds is 12. The fourth-order valence-electron chi connectivity index (χ4n) is 3.96. The molecule has 0 heterocycles. The Morgan fingerprint density at radius 3 is 1.82 bits per heavy atom. The summed E-state index contributed by atoms with van der Waals surface area (Å²) in [6, 6.07) is 25.8. The number of amides is 1. The van der Waals surface area contributed by atoms with Gasteiger partial charge in [-0.25, -0.2) is 13.6 Å². The third kappa shape index (κ3) is 8.39. The summed E-state index contributed by atoms with van der Waals surface area (Å²) >= 11 is 0. The maximum absolute atomic E-state index is 13.5. The van der Waals surface area contributed by atoms with Crippen LogP contribution in [0.3, 0.4) is 0 Å². The monoisotopic (exact) mass is 531 g/mol. The van der Waals surface area contributed by atoms with Crippen molar-refractivity contribution < 1.29 is 33.0 Å². The molecule has 0 spiro atoms. The van der Waals surface area contributed by atoms with Crippen LogP contribution in [0.2, 0.25) is 0 Å². The van der Waals surface area contributed by atoms with Gasteiger partial charge in [0.25, 0.3) is 0 Å². The van der Waals surface area contributed by atoms with Crippen LogP contribution in [0.25, 0.3) is 0 Å². The molecule has 0 radical (unpaired) electrons. The zero-order valence-corrected chi connectivity index (χ0v) is 21.0. The molecule has 2 N–H and O–H groups in total. The Bertz CT molecular complexity index is 1390. The Kier molecular flexibility index (Phi) is 9.24. The van der Waals surface area contributed by atoms with Gasteiger partial charge in [0.2, 0.25) is 5.91 Å². The summed E-state index contributed by atoms with van der Waals surface area (Å²) in [5.41, 5.74) is 2.61. The number of benzene rings is 4. The molecule has 0 aliphatic heterocycles. The van der Waals surface area contributed by atoms with Crippen LogP contribution in [0.4, 0.5) is 8.78 Å². The minimum Gasteiger partial charge on any atom is -0.485 e. The molecule has 0 fully saturated rings. The van der Waals surface area contributed by atoms with Crippen LogP contribution in [0.1, 0.15) is 22.3 Å². The summed E-state index contributed by atoms with van der Waals surface area (Å²) in [4.78, 5) is 24.4. The first-order valence-electron chi connectivity index (χ1n) is 12.3. The molecule has 4 aromatic carbocycles. The predicted octanol–water partition coefficient (Wildman–Crippen LogP) is 5.48. The Morgan fingerprint density at radius 1 is 0.692 bits per heavy atom. The molecule has 200 valence electrons. The molecule has 1 atom stereocenters. The smallest absolute Gasteiger partial charge is 0.326 e. The van der Waals surface area contributed by atoms with Crippen molar-refractivity contribution in [2.24, 2.45) is 0 Å². The highest BCUT2D eigenvalue weighted by Crippen LogP contribution is 2.30. The Balaban J connectivity index is 1.48. The van der Waals surface area contributed by atoms with Crippen LogP contribution in [0.15, 0.2) is 97.1 Å². The third-order valence-electron chi connectivity index (χ3n) is 5.84. The first-order chi connectivity index (χ1) is 18.9. The first kappa shape index (κ1) is 27.3.